The molecule has 0 saturated carbocycles. The molecule has 62 heavy (non-hydrogen) atoms. The molecule has 0 unspecified atom stereocenters. The Balaban J connectivity index is 0.000000430. The summed E-state index contributed by atoms with van der Waals surface area (Å²) in [7, 11) is -8.07. The normalized spacial score (nSPS) is 14.5. The van der Waals surface area contributed by atoms with Crippen LogP contribution in [0.15, 0.2) is 131 Å². The summed E-state index contributed by atoms with van der Waals surface area (Å²) in [5.41, 5.74) is 5.42. The van der Waals surface area contributed by atoms with Gasteiger partial charge in [-0.25, -0.2) is 21.6 Å². The van der Waals surface area contributed by atoms with Crippen molar-refractivity contribution >= 4 is 38.5 Å². The molecule has 17 heteroatoms. The van der Waals surface area contributed by atoms with Gasteiger partial charge in [0.05, 0.1) is 52.3 Å². The molecule has 0 radical (unpaired) electrons. The van der Waals surface area contributed by atoms with Gasteiger partial charge in [0.1, 0.15) is 0 Å². The van der Waals surface area contributed by atoms with Gasteiger partial charge in [0.15, 0.2) is 0 Å². The predicted molar refractivity (Wildman–Crippen MR) is 243 cm³/mol. The number of sulfonamides is 2. The standard InChI is InChI=1S/C25H36N2O6S.C20H28N2O4S.ClH/c1-24(2,3)27(23(29)30)21(17-19-13-9-7-10-14-19)22(28)18-26(33-25(4,5)6)34(31,32)20-15-11-8-12-16-20;1-20(2,3)26-22(27(24,25)17-12-8-5-9-13-17)15-19(23)18(21)14-16-10-6-4-7-11-16;/h7-16,21-22,28H,17-18H2,1-6H3,(H,29,30);4-13,18-19,23H,14-15,21H2,1-3H3;1H/t21-,22+;18-,19+;/m00./s1. The van der Waals surface area contributed by atoms with Gasteiger partial charge in [-0.05, 0) is 111 Å². The maximum absolute atomic E-state index is 13.4. The van der Waals surface area contributed by atoms with E-state index in [-0.39, 0.29) is 35.2 Å². The average Bonchev–Trinajstić information content (AvgIpc) is 3.17. The quantitative estimate of drug-likeness (QED) is 0.0802. The number of amides is 1. The van der Waals surface area contributed by atoms with E-state index >= 15 is 0 Å². The van der Waals surface area contributed by atoms with E-state index in [1.807, 2.05) is 60.7 Å². The molecule has 1 amide bonds. The minimum atomic E-state index is -4.13. The van der Waals surface area contributed by atoms with Gasteiger partial charge in [-0.3, -0.25) is 14.6 Å². The number of carboxylic acid groups (broad SMARTS) is 1. The van der Waals surface area contributed by atoms with Crippen molar-refractivity contribution in [2.45, 2.75) is 126 Å². The minimum Gasteiger partial charge on any atom is -0.465 e. The Bertz CT molecular complexity index is 2150. The summed E-state index contributed by atoms with van der Waals surface area (Å²) in [6, 6.07) is 32.9. The van der Waals surface area contributed by atoms with Gasteiger partial charge in [-0.15, -0.1) is 12.4 Å². The van der Waals surface area contributed by atoms with Crippen LogP contribution in [0.25, 0.3) is 0 Å². The van der Waals surface area contributed by atoms with Gasteiger partial charge in [0.2, 0.25) is 0 Å². The number of aliphatic hydroxyl groups excluding tert-OH is 2. The number of hydrogen-bond donors (Lipinski definition) is 4. The molecule has 4 aromatic rings. The molecular weight excluding hydrogens is 856 g/mol. The van der Waals surface area contributed by atoms with Gasteiger partial charge in [0, 0.05) is 11.6 Å². The van der Waals surface area contributed by atoms with Crippen molar-refractivity contribution in [2.24, 2.45) is 5.73 Å². The van der Waals surface area contributed by atoms with Crippen molar-refractivity contribution in [1.82, 2.24) is 13.8 Å². The van der Waals surface area contributed by atoms with Gasteiger partial charge in [-0.1, -0.05) is 106 Å². The van der Waals surface area contributed by atoms with E-state index in [1.54, 1.807) is 98.7 Å². The maximum Gasteiger partial charge on any atom is 0.408 e. The van der Waals surface area contributed by atoms with Gasteiger partial charge < -0.3 is 21.1 Å². The number of nitrogens with two attached hydrogens (primary N) is 1. The second kappa shape index (κ2) is 23.1. The van der Waals surface area contributed by atoms with Crippen LogP contribution >= 0.6 is 12.4 Å². The Kier molecular flexibility index (Phi) is 20.2. The molecule has 0 aliphatic carbocycles. The Hall–Kier alpha value is -3.94. The van der Waals surface area contributed by atoms with Crippen molar-refractivity contribution in [2.75, 3.05) is 13.1 Å². The molecule has 344 valence electrons. The van der Waals surface area contributed by atoms with E-state index in [0.29, 0.717) is 6.42 Å². The van der Waals surface area contributed by atoms with Crippen LogP contribution in [-0.2, 0) is 42.6 Å². The maximum atomic E-state index is 13.4. The minimum absolute atomic E-state index is 0. The highest BCUT2D eigenvalue weighted by Crippen LogP contribution is 2.27. The van der Waals surface area contributed by atoms with Crippen LogP contribution in [0.2, 0.25) is 0 Å². The van der Waals surface area contributed by atoms with Crippen molar-refractivity contribution in [3.05, 3.63) is 132 Å². The molecular formula is C45H65ClN4O10S2. The second-order valence-corrected chi connectivity index (χ2v) is 21.2. The molecule has 0 heterocycles. The Morgan fingerprint density at radius 1 is 0.581 bits per heavy atom. The van der Waals surface area contributed by atoms with Crippen LogP contribution in [0, 0.1) is 0 Å². The van der Waals surface area contributed by atoms with Crippen LogP contribution in [-0.4, -0.2) is 106 Å². The van der Waals surface area contributed by atoms with E-state index in [0.717, 1.165) is 20.1 Å². The second-order valence-electron chi connectivity index (χ2n) is 17.6. The zero-order valence-electron chi connectivity index (χ0n) is 37.0. The van der Waals surface area contributed by atoms with E-state index in [2.05, 4.69) is 0 Å². The number of rotatable bonds is 17. The van der Waals surface area contributed by atoms with Gasteiger partial charge in [-0.2, -0.15) is 0 Å². The van der Waals surface area contributed by atoms with Gasteiger partial charge >= 0.3 is 6.09 Å². The fourth-order valence-corrected chi connectivity index (χ4v) is 8.98. The predicted octanol–water partition coefficient (Wildman–Crippen LogP) is 6.92. The molecule has 5 N–H and O–H groups in total. The first-order valence-corrected chi connectivity index (χ1v) is 22.9. The number of hydroxylamine groups is 2. The molecule has 14 nitrogen and oxygen atoms in total. The lowest BCUT2D eigenvalue weighted by atomic mass is 9.95. The fraction of sp³-hybridized carbons (Fsp3) is 0.444. The zero-order chi connectivity index (χ0) is 45.8. The first-order valence-electron chi connectivity index (χ1n) is 20.0. The summed E-state index contributed by atoms with van der Waals surface area (Å²) in [6.07, 6.45) is -3.05. The van der Waals surface area contributed by atoms with E-state index in [9.17, 15) is 36.9 Å². The highest BCUT2D eigenvalue weighted by atomic mass is 35.5. The summed E-state index contributed by atoms with van der Waals surface area (Å²) >= 11 is 0. The Labute approximate surface area is 374 Å². The molecule has 0 saturated heterocycles. The number of nitrogens with zero attached hydrogens (tertiary/aromatic N) is 3. The third kappa shape index (κ3) is 17.0. The van der Waals surface area contributed by atoms with Crippen LogP contribution in [0.1, 0.15) is 73.4 Å². The third-order valence-corrected chi connectivity index (χ3v) is 12.1. The fourth-order valence-electron chi connectivity index (χ4n) is 6.17. The number of hydrogen-bond acceptors (Lipinski definition) is 10. The largest absolute Gasteiger partial charge is 0.465 e. The van der Waals surface area contributed by atoms with Crippen molar-refractivity contribution in [3.8, 4) is 0 Å². The summed E-state index contributed by atoms with van der Waals surface area (Å²) in [5.74, 6) is 0. The zero-order valence-corrected chi connectivity index (χ0v) is 39.5. The van der Waals surface area contributed by atoms with E-state index in [4.69, 9.17) is 15.4 Å². The summed E-state index contributed by atoms with van der Waals surface area (Å²) < 4.78 is 54.3. The van der Waals surface area contributed by atoms with Crippen LogP contribution in [0.5, 0.6) is 0 Å². The molecule has 0 bridgehead atoms. The Morgan fingerprint density at radius 2 is 0.903 bits per heavy atom. The van der Waals surface area contributed by atoms with E-state index < -0.39 is 73.7 Å². The van der Waals surface area contributed by atoms with Gasteiger partial charge in [0.25, 0.3) is 20.0 Å². The molecule has 4 aromatic carbocycles. The lowest BCUT2D eigenvalue weighted by Gasteiger charge is -2.42. The number of aliphatic hydroxyl groups is 2. The Morgan fingerprint density at radius 3 is 1.23 bits per heavy atom. The van der Waals surface area contributed by atoms with E-state index in [1.165, 1.54) is 29.2 Å². The molecule has 4 atom stereocenters. The molecule has 0 fully saturated rings. The SMILES string of the molecule is CC(C)(C)ON(C[C@@H](O)[C@@H](N)Cc1ccccc1)S(=O)(=O)c1ccccc1.CC(C)(C)ON(C[C@@H](O)[C@H](Cc1ccccc1)N(C(=O)O)C(C)(C)C)S(=O)(=O)c1ccccc1.Cl. The molecule has 0 aliphatic heterocycles. The first kappa shape index (κ1) is 54.2. The summed E-state index contributed by atoms with van der Waals surface area (Å²) in [6.45, 7) is 14.8. The summed E-state index contributed by atoms with van der Waals surface area (Å²) in [4.78, 5) is 25.0. The molecule has 4 rings (SSSR count). The smallest absolute Gasteiger partial charge is 0.408 e. The highest BCUT2D eigenvalue weighted by molar-refractivity contribution is 7.89. The first-order chi connectivity index (χ1) is 28.2. The van der Waals surface area contributed by atoms with Crippen molar-refractivity contribution < 1.29 is 46.6 Å². The number of halogens is 1. The number of carbonyl (C=O) groups is 1. The molecule has 0 aliphatic rings. The van der Waals surface area contributed by atoms with Crippen molar-refractivity contribution in [3.63, 3.8) is 0 Å². The highest BCUT2D eigenvalue weighted by Gasteiger charge is 2.41. The monoisotopic (exact) mass is 920 g/mol. The van der Waals surface area contributed by atoms with Crippen LogP contribution in [0.4, 0.5) is 4.79 Å². The van der Waals surface area contributed by atoms with Crippen LogP contribution < -0.4 is 5.73 Å². The number of benzene rings is 4. The lowest BCUT2D eigenvalue weighted by Crippen LogP contribution is -2.58. The summed E-state index contributed by atoms with van der Waals surface area (Å²) in [5, 5.41) is 31.9. The lowest BCUT2D eigenvalue weighted by molar-refractivity contribution is -0.184. The van der Waals surface area contributed by atoms with Crippen LogP contribution in [0.3, 0.4) is 0 Å². The average molecular weight is 922 g/mol. The van der Waals surface area contributed by atoms with Crippen molar-refractivity contribution in [1.29, 1.82) is 0 Å². The molecule has 0 spiro atoms. The molecule has 0 aromatic heterocycles. The topological polar surface area (TPSA) is 200 Å². The third-order valence-electron chi connectivity index (χ3n) is 8.84.